The van der Waals surface area contributed by atoms with Crippen molar-refractivity contribution in [3.63, 3.8) is 0 Å². The topological polar surface area (TPSA) is 73.6 Å². The zero-order valence-electron chi connectivity index (χ0n) is 8.18. The number of ether oxygens (including phenoxy) is 2. The maximum atomic E-state index is 10.2. The van der Waals surface area contributed by atoms with E-state index in [9.17, 15) is 4.79 Å². The van der Waals surface area contributed by atoms with E-state index in [0.717, 1.165) is 18.8 Å². The molecule has 0 atom stereocenters. The quantitative estimate of drug-likeness (QED) is 0.775. The van der Waals surface area contributed by atoms with Crippen LogP contribution in [0.1, 0.15) is 12.1 Å². The third-order valence-corrected chi connectivity index (χ3v) is 2.03. The van der Waals surface area contributed by atoms with Crippen LogP contribution in [-0.2, 0) is 22.7 Å². The van der Waals surface area contributed by atoms with Crippen LogP contribution in [0.25, 0.3) is 0 Å². The van der Waals surface area contributed by atoms with Crippen molar-refractivity contribution < 1.29 is 19.4 Å². The molecule has 0 spiro atoms. The van der Waals surface area contributed by atoms with Crippen molar-refractivity contribution in [3.05, 3.63) is 11.8 Å². The normalized spacial score (nSPS) is 14.4. The molecule has 0 amide bonds. The van der Waals surface area contributed by atoms with Gasteiger partial charge in [-0.1, -0.05) is 0 Å². The molecule has 2 rings (SSSR count). The molecule has 2 heterocycles. The summed E-state index contributed by atoms with van der Waals surface area (Å²) in [5, 5.41) is 12.6. The van der Waals surface area contributed by atoms with Gasteiger partial charge in [0, 0.05) is 19.0 Å². The fourth-order valence-electron chi connectivity index (χ4n) is 1.43. The van der Waals surface area contributed by atoms with Crippen molar-refractivity contribution in [3.8, 4) is 5.88 Å². The molecule has 0 fully saturated rings. The van der Waals surface area contributed by atoms with E-state index in [4.69, 9.17) is 14.6 Å². The summed E-state index contributed by atoms with van der Waals surface area (Å²) in [6, 6.07) is 1.78. The minimum Gasteiger partial charge on any atom is -0.480 e. The number of hydrogen-bond acceptors (Lipinski definition) is 4. The highest BCUT2D eigenvalue weighted by atomic mass is 16.5. The second-order valence-corrected chi connectivity index (χ2v) is 3.29. The van der Waals surface area contributed by atoms with Crippen LogP contribution < -0.4 is 4.74 Å². The average molecular weight is 212 g/mol. The molecule has 0 radical (unpaired) electrons. The number of aliphatic carboxylic acids is 1. The summed E-state index contributed by atoms with van der Waals surface area (Å²) in [4.78, 5) is 10.2. The monoisotopic (exact) mass is 212 g/mol. The number of hydrogen-bond donors (Lipinski definition) is 1. The van der Waals surface area contributed by atoms with Crippen LogP contribution >= 0.6 is 0 Å². The van der Waals surface area contributed by atoms with Crippen LogP contribution in [0.2, 0.25) is 0 Å². The van der Waals surface area contributed by atoms with Gasteiger partial charge in [-0.15, -0.1) is 0 Å². The number of fused-ring (bicyclic) bond motifs is 1. The number of aryl methyl sites for hydroxylation is 1. The van der Waals surface area contributed by atoms with Gasteiger partial charge in [-0.25, -0.2) is 9.48 Å². The van der Waals surface area contributed by atoms with Crippen LogP contribution in [0.3, 0.4) is 0 Å². The zero-order chi connectivity index (χ0) is 10.7. The van der Waals surface area contributed by atoms with Gasteiger partial charge in [-0.2, -0.15) is 5.10 Å². The summed E-state index contributed by atoms with van der Waals surface area (Å²) in [5.74, 6) is -0.245. The highest BCUT2D eigenvalue weighted by molar-refractivity contribution is 5.67. The smallest absolute Gasteiger partial charge is 0.329 e. The van der Waals surface area contributed by atoms with Crippen molar-refractivity contribution in [2.45, 2.75) is 19.6 Å². The lowest BCUT2D eigenvalue weighted by atomic mass is 10.4. The van der Waals surface area contributed by atoms with Crippen LogP contribution in [0.4, 0.5) is 0 Å². The number of nitrogens with zero attached hydrogens (tertiary/aromatic N) is 2. The van der Waals surface area contributed by atoms with E-state index < -0.39 is 5.97 Å². The van der Waals surface area contributed by atoms with Gasteiger partial charge < -0.3 is 14.6 Å². The third-order valence-electron chi connectivity index (χ3n) is 2.03. The van der Waals surface area contributed by atoms with Gasteiger partial charge in [-0.3, -0.25) is 0 Å². The zero-order valence-corrected chi connectivity index (χ0v) is 8.18. The average Bonchev–Trinajstić information content (AvgIpc) is 2.59. The molecule has 0 unspecified atom stereocenters. The summed E-state index contributed by atoms with van der Waals surface area (Å²) in [6.45, 7) is 1.45. The SMILES string of the molecule is O=C(O)COCc1cc2n(n1)CCCO2. The molecule has 0 saturated heterocycles. The van der Waals surface area contributed by atoms with Crippen molar-refractivity contribution in [1.82, 2.24) is 9.78 Å². The molecule has 1 aromatic rings. The summed E-state index contributed by atoms with van der Waals surface area (Å²) >= 11 is 0. The Morgan fingerprint density at radius 2 is 2.60 bits per heavy atom. The minimum atomic E-state index is -0.977. The molecular formula is C9H12N2O4. The van der Waals surface area contributed by atoms with E-state index in [0.29, 0.717) is 12.3 Å². The molecule has 0 bridgehead atoms. The summed E-state index contributed by atoms with van der Waals surface area (Å²) in [7, 11) is 0. The van der Waals surface area contributed by atoms with E-state index in [1.807, 2.05) is 0 Å². The fourth-order valence-corrected chi connectivity index (χ4v) is 1.43. The molecule has 15 heavy (non-hydrogen) atoms. The van der Waals surface area contributed by atoms with Crippen LogP contribution in [0, 0.1) is 0 Å². The number of aromatic nitrogens is 2. The molecule has 0 aromatic carbocycles. The van der Waals surface area contributed by atoms with E-state index in [-0.39, 0.29) is 13.2 Å². The molecule has 1 aliphatic heterocycles. The molecule has 1 aromatic heterocycles. The Morgan fingerprint density at radius 3 is 3.33 bits per heavy atom. The molecule has 6 heteroatoms. The molecule has 0 aliphatic carbocycles. The lowest BCUT2D eigenvalue weighted by Crippen LogP contribution is -2.14. The molecule has 0 saturated carbocycles. The Labute approximate surface area is 86.4 Å². The van der Waals surface area contributed by atoms with Gasteiger partial charge in [0.1, 0.15) is 6.61 Å². The Hall–Kier alpha value is -1.56. The minimum absolute atomic E-state index is 0.204. The van der Waals surface area contributed by atoms with Gasteiger partial charge in [0.05, 0.1) is 18.9 Å². The number of rotatable bonds is 4. The maximum Gasteiger partial charge on any atom is 0.329 e. The van der Waals surface area contributed by atoms with Crippen LogP contribution in [0.15, 0.2) is 6.07 Å². The second-order valence-electron chi connectivity index (χ2n) is 3.29. The summed E-state index contributed by atoms with van der Waals surface area (Å²) in [6.07, 6.45) is 0.949. The van der Waals surface area contributed by atoms with E-state index in [1.54, 1.807) is 10.7 Å². The molecule has 82 valence electrons. The Kier molecular flexibility index (Phi) is 2.86. The van der Waals surface area contributed by atoms with E-state index >= 15 is 0 Å². The van der Waals surface area contributed by atoms with Gasteiger partial charge in [0.25, 0.3) is 0 Å². The summed E-state index contributed by atoms with van der Waals surface area (Å²) < 4.78 is 12.1. The van der Waals surface area contributed by atoms with E-state index in [2.05, 4.69) is 5.10 Å². The fraction of sp³-hybridized carbons (Fsp3) is 0.556. The number of carbonyl (C=O) groups is 1. The molecule has 6 nitrogen and oxygen atoms in total. The highest BCUT2D eigenvalue weighted by Crippen LogP contribution is 2.18. The first kappa shape index (κ1) is 9.97. The van der Waals surface area contributed by atoms with E-state index in [1.165, 1.54) is 0 Å². The van der Waals surface area contributed by atoms with Crippen molar-refractivity contribution in [2.24, 2.45) is 0 Å². The molecule has 1 N–H and O–H groups in total. The predicted octanol–water partition coefficient (Wildman–Crippen LogP) is 0.267. The second kappa shape index (κ2) is 4.31. The highest BCUT2D eigenvalue weighted by Gasteiger charge is 2.13. The van der Waals surface area contributed by atoms with Crippen molar-refractivity contribution >= 4 is 5.97 Å². The Bertz CT molecular complexity index is 337. The van der Waals surface area contributed by atoms with Crippen molar-refractivity contribution in [2.75, 3.05) is 13.2 Å². The largest absolute Gasteiger partial charge is 0.480 e. The first-order chi connectivity index (χ1) is 7.25. The van der Waals surface area contributed by atoms with Gasteiger partial charge in [0.15, 0.2) is 0 Å². The predicted molar refractivity (Wildman–Crippen MR) is 49.6 cm³/mol. The lowest BCUT2D eigenvalue weighted by molar-refractivity contribution is -0.142. The number of carboxylic acids is 1. The maximum absolute atomic E-state index is 10.2. The number of carboxylic acid groups (broad SMARTS) is 1. The summed E-state index contributed by atoms with van der Waals surface area (Å²) in [5.41, 5.74) is 0.702. The van der Waals surface area contributed by atoms with Crippen LogP contribution in [0.5, 0.6) is 5.88 Å². The molecular weight excluding hydrogens is 200 g/mol. The lowest BCUT2D eigenvalue weighted by Gasteiger charge is -2.13. The molecule has 1 aliphatic rings. The van der Waals surface area contributed by atoms with Gasteiger partial charge in [0.2, 0.25) is 5.88 Å². The first-order valence-corrected chi connectivity index (χ1v) is 4.75. The Balaban J connectivity index is 1.92. The first-order valence-electron chi connectivity index (χ1n) is 4.75. The Morgan fingerprint density at radius 1 is 1.73 bits per heavy atom. The van der Waals surface area contributed by atoms with Crippen LogP contribution in [-0.4, -0.2) is 34.1 Å². The van der Waals surface area contributed by atoms with Crippen molar-refractivity contribution in [1.29, 1.82) is 0 Å². The van der Waals surface area contributed by atoms with Gasteiger partial charge in [-0.05, 0) is 0 Å². The standard InChI is InChI=1S/C9H12N2O4/c12-9(13)6-14-5-7-4-8-11(10-7)2-1-3-15-8/h4H,1-3,5-6H2,(H,12,13). The van der Waals surface area contributed by atoms with Gasteiger partial charge >= 0.3 is 5.97 Å². The third kappa shape index (κ3) is 2.47.